The van der Waals surface area contributed by atoms with E-state index in [1.165, 1.54) is 20.2 Å². The first-order valence-corrected chi connectivity index (χ1v) is 9.55. The average molecular weight is 376 g/mol. The number of benzene rings is 2. The number of hydrogen-bond donors (Lipinski definition) is 1. The number of sulfonamides is 1. The quantitative estimate of drug-likeness (QED) is 0.841. The normalized spacial score (nSPS) is 11.5. The van der Waals surface area contributed by atoms with E-state index in [0.717, 1.165) is 21.0 Å². The number of carbonyl (C=O) groups excluding carboxylic acids is 1. The van der Waals surface area contributed by atoms with Gasteiger partial charge in [0.2, 0.25) is 15.9 Å². The standard InChI is InChI=1S/C19H24N2O4S/c1-13-9-17(26(23,24)21(3)4)12-18(14(13)2)20-19(22)11-15-7-6-8-16(10-15)25-5/h6-10,12H,11H2,1-5H3,(H,20,22). The first-order valence-electron chi connectivity index (χ1n) is 8.11. The number of aryl methyl sites for hydroxylation is 1. The van der Waals surface area contributed by atoms with Gasteiger partial charge in [0.1, 0.15) is 5.75 Å². The predicted octanol–water partition coefficient (Wildman–Crippen LogP) is 2.74. The van der Waals surface area contributed by atoms with Crippen molar-refractivity contribution in [1.29, 1.82) is 0 Å². The first kappa shape index (κ1) is 19.9. The van der Waals surface area contributed by atoms with Crippen molar-refractivity contribution in [2.24, 2.45) is 0 Å². The van der Waals surface area contributed by atoms with E-state index in [1.54, 1.807) is 19.2 Å². The number of methoxy groups -OCH3 is 1. The van der Waals surface area contributed by atoms with Gasteiger partial charge in [0.15, 0.2) is 0 Å². The molecule has 0 unspecified atom stereocenters. The maximum atomic E-state index is 12.4. The Kier molecular flexibility index (Phi) is 6.05. The Balaban J connectivity index is 2.28. The van der Waals surface area contributed by atoms with Crippen molar-refractivity contribution in [3.63, 3.8) is 0 Å². The minimum absolute atomic E-state index is 0.155. The minimum atomic E-state index is -3.58. The lowest BCUT2D eigenvalue weighted by molar-refractivity contribution is -0.115. The molecule has 0 atom stereocenters. The highest BCUT2D eigenvalue weighted by atomic mass is 32.2. The zero-order chi connectivity index (χ0) is 19.5. The molecule has 0 fully saturated rings. The number of amides is 1. The van der Waals surface area contributed by atoms with E-state index in [0.29, 0.717) is 11.4 Å². The second-order valence-electron chi connectivity index (χ2n) is 6.28. The van der Waals surface area contributed by atoms with Crippen molar-refractivity contribution < 1.29 is 17.9 Å². The van der Waals surface area contributed by atoms with Gasteiger partial charge in [0, 0.05) is 19.8 Å². The third-order valence-electron chi connectivity index (χ3n) is 4.19. The summed E-state index contributed by atoms with van der Waals surface area (Å²) in [6, 6.07) is 10.4. The minimum Gasteiger partial charge on any atom is -0.497 e. The number of hydrogen-bond acceptors (Lipinski definition) is 4. The molecule has 0 radical (unpaired) electrons. The molecule has 0 saturated carbocycles. The third-order valence-corrected chi connectivity index (χ3v) is 5.99. The lowest BCUT2D eigenvalue weighted by Crippen LogP contribution is -2.23. The van der Waals surface area contributed by atoms with Gasteiger partial charge in [-0.25, -0.2) is 12.7 Å². The van der Waals surface area contributed by atoms with Crippen molar-refractivity contribution in [1.82, 2.24) is 4.31 Å². The van der Waals surface area contributed by atoms with Gasteiger partial charge < -0.3 is 10.1 Å². The van der Waals surface area contributed by atoms with Gasteiger partial charge >= 0.3 is 0 Å². The number of nitrogens with zero attached hydrogens (tertiary/aromatic N) is 1. The Hall–Kier alpha value is -2.38. The van der Waals surface area contributed by atoms with Crippen molar-refractivity contribution in [2.75, 3.05) is 26.5 Å². The molecule has 2 aromatic carbocycles. The highest BCUT2D eigenvalue weighted by Gasteiger charge is 2.20. The molecule has 0 spiro atoms. The topological polar surface area (TPSA) is 75.7 Å². The van der Waals surface area contributed by atoms with Gasteiger partial charge in [-0.1, -0.05) is 12.1 Å². The maximum absolute atomic E-state index is 12.4. The molecule has 2 aromatic rings. The van der Waals surface area contributed by atoms with Crippen LogP contribution in [0.5, 0.6) is 5.75 Å². The van der Waals surface area contributed by atoms with Gasteiger partial charge in [0.05, 0.1) is 18.4 Å². The summed E-state index contributed by atoms with van der Waals surface area (Å²) in [5.41, 5.74) is 2.94. The molecule has 0 bridgehead atoms. The number of carbonyl (C=O) groups is 1. The Morgan fingerprint density at radius 2 is 1.85 bits per heavy atom. The van der Waals surface area contributed by atoms with E-state index in [9.17, 15) is 13.2 Å². The Morgan fingerprint density at radius 1 is 1.15 bits per heavy atom. The Labute approximate surface area is 154 Å². The van der Waals surface area contributed by atoms with Crippen LogP contribution in [0.3, 0.4) is 0 Å². The zero-order valence-electron chi connectivity index (χ0n) is 15.7. The fraction of sp³-hybridized carbons (Fsp3) is 0.316. The Morgan fingerprint density at radius 3 is 2.46 bits per heavy atom. The maximum Gasteiger partial charge on any atom is 0.242 e. The molecular weight excluding hydrogens is 352 g/mol. The van der Waals surface area contributed by atoms with E-state index >= 15 is 0 Å². The molecule has 0 aliphatic rings. The van der Waals surface area contributed by atoms with Crippen LogP contribution in [0.25, 0.3) is 0 Å². The van der Waals surface area contributed by atoms with Crippen LogP contribution in [0, 0.1) is 13.8 Å². The van der Waals surface area contributed by atoms with E-state index in [1.807, 2.05) is 32.0 Å². The molecule has 6 nitrogen and oxygen atoms in total. The van der Waals surface area contributed by atoms with Crippen LogP contribution < -0.4 is 10.1 Å². The van der Waals surface area contributed by atoms with Gasteiger partial charge in [-0.2, -0.15) is 0 Å². The largest absolute Gasteiger partial charge is 0.497 e. The highest BCUT2D eigenvalue weighted by Crippen LogP contribution is 2.26. The van der Waals surface area contributed by atoms with Crippen LogP contribution in [-0.4, -0.2) is 39.8 Å². The first-order chi connectivity index (χ1) is 12.1. The Bertz CT molecular complexity index is 921. The van der Waals surface area contributed by atoms with Gasteiger partial charge in [-0.3, -0.25) is 4.79 Å². The molecule has 26 heavy (non-hydrogen) atoms. The summed E-state index contributed by atoms with van der Waals surface area (Å²) >= 11 is 0. The number of nitrogens with one attached hydrogen (secondary N) is 1. The van der Waals surface area contributed by atoms with Crippen LogP contribution in [0.2, 0.25) is 0 Å². The van der Waals surface area contributed by atoms with E-state index in [-0.39, 0.29) is 17.2 Å². The zero-order valence-corrected chi connectivity index (χ0v) is 16.5. The highest BCUT2D eigenvalue weighted by molar-refractivity contribution is 7.89. The van der Waals surface area contributed by atoms with E-state index in [2.05, 4.69) is 5.32 Å². The lowest BCUT2D eigenvalue weighted by atomic mass is 10.1. The van der Waals surface area contributed by atoms with Gasteiger partial charge in [0.25, 0.3) is 0 Å². The van der Waals surface area contributed by atoms with Crippen LogP contribution in [0.15, 0.2) is 41.3 Å². The SMILES string of the molecule is COc1cccc(CC(=O)Nc2cc(S(=O)(=O)N(C)C)cc(C)c2C)c1. The molecule has 0 saturated heterocycles. The molecule has 140 valence electrons. The summed E-state index contributed by atoms with van der Waals surface area (Å²) in [6.07, 6.45) is 0.167. The smallest absolute Gasteiger partial charge is 0.242 e. The summed E-state index contributed by atoms with van der Waals surface area (Å²) in [5.74, 6) is 0.460. The van der Waals surface area contributed by atoms with Gasteiger partial charge in [-0.05, 0) is 54.8 Å². The lowest BCUT2D eigenvalue weighted by Gasteiger charge is -2.16. The number of rotatable bonds is 6. The molecule has 7 heteroatoms. The predicted molar refractivity (Wildman–Crippen MR) is 102 cm³/mol. The van der Waals surface area contributed by atoms with Crippen molar-refractivity contribution in [2.45, 2.75) is 25.2 Å². The summed E-state index contributed by atoms with van der Waals surface area (Å²) in [6.45, 7) is 3.67. The number of ether oxygens (including phenoxy) is 1. The molecular formula is C19H24N2O4S. The molecule has 0 aliphatic heterocycles. The van der Waals surface area contributed by atoms with Gasteiger partial charge in [-0.15, -0.1) is 0 Å². The molecule has 1 amide bonds. The summed E-state index contributed by atoms with van der Waals surface area (Å²) in [5, 5.41) is 2.83. The summed E-state index contributed by atoms with van der Waals surface area (Å²) in [7, 11) is 0.950. The van der Waals surface area contributed by atoms with Crippen LogP contribution in [0.4, 0.5) is 5.69 Å². The van der Waals surface area contributed by atoms with Crippen molar-refractivity contribution in [3.8, 4) is 5.75 Å². The number of anilines is 1. The molecule has 0 aromatic heterocycles. The van der Waals surface area contributed by atoms with Crippen LogP contribution in [0.1, 0.15) is 16.7 Å². The van der Waals surface area contributed by atoms with Crippen molar-refractivity contribution in [3.05, 3.63) is 53.1 Å². The second kappa shape index (κ2) is 7.88. The van der Waals surface area contributed by atoms with Crippen LogP contribution >= 0.6 is 0 Å². The van der Waals surface area contributed by atoms with Crippen LogP contribution in [-0.2, 0) is 21.2 Å². The second-order valence-corrected chi connectivity index (χ2v) is 8.43. The third kappa shape index (κ3) is 4.42. The van der Waals surface area contributed by atoms with E-state index < -0.39 is 10.0 Å². The fourth-order valence-corrected chi connectivity index (χ4v) is 3.49. The average Bonchev–Trinajstić information content (AvgIpc) is 2.58. The summed E-state index contributed by atoms with van der Waals surface area (Å²) in [4.78, 5) is 12.6. The molecule has 1 N–H and O–H groups in total. The monoisotopic (exact) mass is 376 g/mol. The van der Waals surface area contributed by atoms with Crippen molar-refractivity contribution >= 4 is 21.6 Å². The molecule has 0 aliphatic carbocycles. The summed E-state index contributed by atoms with van der Waals surface area (Å²) < 4.78 is 31.1. The molecule has 2 rings (SSSR count). The fourth-order valence-electron chi connectivity index (χ4n) is 2.48. The molecule has 0 heterocycles. The van der Waals surface area contributed by atoms with E-state index in [4.69, 9.17) is 4.74 Å².